The van der Waals surface area contributed by atoms with Crippen LogP contribution in [0.3, 0.4) is 0 Å². The second-order valence-corrected chi connectivity index (χ2v) is 3.85. The summed E-state index contributed by atoms with van der Waals surface area (Å²) in [5.74, 6) is -0.178. The third-order valence-corrected chi connectivity index (χ3v) is 2.29. The Labute approximate surface area is 92.7 Å². The average Bonchev–Trinajstić information content (AvgIpc) is 2.17. The normalized spacial score (nSPS) is 12.1. The zero-order valence-corrected chi connectivity index (χ0v) is 8.96. The molecule has 0 aliphatic heterocycles. The van der Waals surface area contributed by atoms with E-state index in [-0.39, 0.29) is 12.2 Å². The quantitative estimate of drug-likeness (QED) is 0.488. The highest BCUT2D eigenvalue weighted by molar-refractivity contribution is 7.81. The molecular weight excluding hydrogens is 220 g/mol. The summed E-state index contributed by atoms with van der Waals surface area (Å²) in [5.41, 5.74) is 0.547. The van der Waals surface area contributed by atoms with E-state index in [2.05, 4.69) is 12.6 Å². The molecule has 0 aliphatic carbocycles. The van der Waals surface area contributed by atoms with E-state index in [1.807, 2.05) is 6.07 Å². The van der Waals surface area contributed by atoms with E-state index in [1.165, 1.54) is 0 Å². The molecule has 14 heavy (non-hydrogen) atoms. The first-order chi connectivity index (χ1) is 6.61. The van der Waals surface area contributed by atoms with Crippen molar-refractivity contribution >= 4 is 35.3 Å². The summed E-state index contributed by atoms with van der Waals surface area (Å²) in [6, 6.07) is 8.71. The SMILES string of the molecule is O=C(Cl)CC(S)C(=O)c1ccccc1. The molecule has 1 aromatic carbocycles. The molecule has 0 amide bonds. The molecule has 0 saturated heterocycles. The minimum Gasteiger partial charge on any atom is -0.293 e. The Morgan fingerprint density at radius 2 is 1.86 bits per heavy atom. The fraction of sp³-hybridized carbons (Fsp3) is 0.200. The summed E-state index contributed by atoms with van der Waals surface area (Å²) in [5, 5.41) is -1.20. The number of hydrogen-bond acceptors (Lipinski definition) is 3. The van der Waals surface area contributed by atoms with Crippen molar-refractivity contribution in [1.82, 2.24) is 0 Å². The van der Waals surface area contributed by atoms with Gasteiger partial charge in [-0.05, 0) is 11.6 Å². The van der Waals surface area contributed by atoms with E-state index in [4.69, 9.17) is 11.6 Å². The molecule has 0 fully saturated rings. The molecule has 0 aromatic heterocycles. The van der Waals surface area contributed by atoms with Crippen molar-refractivity contribution in [3.05, 3.63) is 35.9 Å². The lowest BCUT2D eigenvalue weighted by Crippen LogP contribution is -2.16. The van der Waals surface area contributed by atoms with Crippen LogP contribution in [-0.4, -0.2) is 16.3 Å². The van der Waals surface area contributed by atoms with Gasteiger partial charge in [0, 0.05) is 12.0 Å². The van der Waals surface area contributed by atoms with Crippen LogP contribution in [0.4, 0.5) is 0 Å². The Hall–Kier alpha value is -0.800. The highest BCUT2D eigenvalue weighted by Gasteiger charge is 2.17. The highest BCUT2D eigenvalue weighted by Crippen LogP contribution is 2.12. The third-order valence-electron chi connectivity index (χ3n) is 1.71. The van der Waals surface area contributed by atoms with Crippen molar-refractivity contribution in [2.45, 2.75) is 11.7 Å². The van der Waals surface area contributed by atoms with Gasteiger partial charge in [0.2, 0.25) is 5.24 Å². The number of halogens is 1. The second-order valence-electron chi connectivity index (χ2n) is 2.81. The maximum absolute atomic E-state index is 11.6. The molecule has 0 bridgehead atoms. The van der Waals surface area contributed by atoms with Crippen LogP contribution in [0.25, 0.3) is 0 Å². The van der Waals surface area contributed by atoms with E-state index in [0.29, 0.717) is 5.56 Å². The van der Waals surface area contributed by atoms with Gasteiger partial charge in [-0.1, -0.05) is 30.3 Å². The standard InChI is InChI=1S/C10H9ClO2S/c11-9(12)6-8(14)10(13)7-4-2-1-3-5-7/h1-5,8,14H,6H2. The van der Waals surface area contributed by atoms with Crippen molar-refractivity contribution in [2.24, 2.45) is 0 Å². The Morgan fingerprint density at radius 3 is 2.36 bits per heavy atom. The first kappa shape index (κ1) is 11.3. The van der Waals surface area contributed by atoms with Crippen LogP contribution in [0, 0.1) is 0 Å². The Balaban J connectivity index is 2.71. The number of carbonyl (C=O) groups is 2. The summed E-state index contributed by atoms with van der Waals surface area (Å²) in [4.78, 5) is 22.1. The highest BCUT2D eigenvalue weighted by atomic mass is 35.5. The first-order valence-corrected chi connectivity index (χ1v) is 4.96. The fourth-order valence-corrected chi connectivity index (χ4v) is 1.62. The molecule has 1 unspecified atom stereocenters. The Bertz CT molecular complexity index is 337. The monoisotopic (exact) mass is 228 g/mol. The van der Waals surface area contributed by atoms with Gasteiger partial charge in [-0.2, -0.15) is 12.6 Å². The molecule has 0 heterocycles. The van der Waals surface area contributed by atoms with Crippen molar-refractivity contribution in [1.29, 1.82) is 0 Å². The smallest absolute Gasteiger partial charge is 0.223 e. The lowest BCUT2D eigenvalue weighted by molar-refractivity contribution is -0.111. The van der Waals surface area contributed by atoms with Gasteiger partial charge in [0.15, 0.2) is 5.78 Å². The largest absolute Gasteiger partial charge is 0.293 e. The summed E-state index contributed by atoms with van der Waals surface area (Å²) in [7, 11) is 0. The minimum atomic E-state index is -0.651. The average molecular weight is 229 g/mol. The summed E-state index contributed by atoms with van der Waals surface area (Å²) >= 11 is 9.19. The minimum absolute atomic E-state index is 0.0433. The summed E-state index contributed by atoms with van der Waals surface area (Å²) in [6.45, 7) is 0. The van der Waals surface area contributed by atoms with Gasteiger partial charge in [0.1, 0.15) is 0 Å². The zero-order chi connectivity index (χ0) is 10.6. The molecule has 4 heteroatoms. The number of hydrogen-bond donors (Lipinski definition) is 1. The van der Waals surface area contributed by atoms with E-state index in [9.17, 15) is 9.59 Å². The van der Waals surface area contributed by atoms with Crippen LogP contribution in [0.1, 0.15) is 16.8 Å². The molecular formula is C10H9ClO2S. The molecule has 0 N–H and O–H groups in total. The van der Waals surface area contributed by atoms with E-state index < -0.39 is 10.5 Å². The molecule has 1 atom stereocenters. The number of ketones is 1. The van der Waals surface area contributed by atoms with Gasteiger partial charge in [-0.25, -0.2) is 0 Å². The fourth-order valence-electron chi connectivity index (χ4n) is 1.04. The van der Waals surface area contributed by atoms with Crippen LogP contribution in [-0.2, 0) is 4.79 Å². The summed E-state index contributed by atoms with van der Waals surface area (Å²) in [6.07, 6.45) is -0.0433. The van der Waals surface area contributed by atoms with Gasteiger partial charge in [0.25, 0.3) is 0 Å². The predicted molar refractivity (Wildman–Crippen MR) is 59.0 cm³/mol. The Morgan fingerprint density at radius 1 is 1.29 bits per heavy atom. The number of rotatable bonds is 4. The van der Waals surface area contributed by atoms with Gasteiger partial charge in [0.05, 0.1) is 5.25 Å². The molecule has 0 spiro atoms. The van der Waals surface area contributed by atoms with Crippen LogP contribution >= 0.6 is 24.2 Å². The van der Waals surface area contributed by atoms with Crippen LogP contribution in [0.2, 0.25) is 0 Å². The van der Waals surface area contributed by atoms with Crippen molar-refractivity contribution in [3.63, 3.8) is 0 Å². The van der Waals surface area contributed by atoms with Crippen LogP contribution < -0.4 is 0 Å². The molecule has 0 saturated carbocycles. The lowest BCUT2D eigenvalue weighted by Gasteiger charge is -2.06. The van der Waals surface area contributed by atoms with Gasteiger partial charge < -0.3 is 0 Å². The molecule has 1 aromatic rings. The maximum Gasteiger partial charge on any atom is 0.223 e. The zero-order valence-electron chi connectivity index (χ0n) is 7.31. The van der Waals surface area contributed by atoms with Crippen molar-refractivity contribution in [2.75, 3.05) is 0 Å². The maximum atomic E-state index is 11.6. The summed E-state index contributed by atoms with van der Waals surface area (Å²) < 4.78 is 0. The predicted octanol–water partition coefficient (Wildman–Crippen LogP) is 2.32. The van der Waals surface area contributed by atoms with E-state index in [1.54, 1.807) is 24.3 Å². The van der Waals surface area contributed by atoms with Gasteiger partial charge in [-0.15, -0.1) is 0 Å². The first-order valence-electron chi connectivity index (χ1n) is 4.07. The number of benzene rings is 1. The third kappa shape index (κ3) is 3.16. The molecule has 74 valence electrons. The molecule has 0 radical (unpaired) electrons. The van der Waals surface area contributed by atoms with Crippen molar-refractivity contribution in [3.8, 4) is 0 Å². The van der Waals surface area contributed by atoms with Gasteiger partial charge in [-0.3, -0.25) is 9.59 Å². The molecule has 2 nitrogen and oxygen atoms in total. The second kappa shape index (κ2) is 5.17. The number of carbonyl (C=O) groups excluding carboxylic acids is 2. The number of Topliss-reactive ketones (excluding diaryl/α,β-unsaturated/α-hetero) is 1. The number of thiol groups is 1. The molecule has 0 aliphatic rings. The van der Waals surface area contributed by atoms with E-state index >= 15 is 0 Å². The lowest BCUT2D eigenvalue weighted by atomic mass is 10.1. The van der Waals surface area contributed by atoms with Crippen molar-refractivity contribution < 1.29 is 9.59 Å². The van der Waals surface area contributed by atoms with Crippen LogP contribution in [0.15, 0.2) is 30.3 Å². The van der Waals surface area contributed by atoms with E-state index in [0.717, 1.165) is 0 Å². The molecule has 1 rings (SSSR count). The van der Waals surface area contributed by atoms with Crippen LogP contribution in [0.5, 0.6) is 0 Å². The topological polar surface area (TPSA) is 34.1 Å². The van der Waals surface area contributed by atoms with Gasteiger partial charge >= 0.3 is 0 Å². The Kier molecular flexibility index (Phi) is 4.17.